The third kappa shape index (κ3) is 2.83. The minimum atomic E-state index is -0.431. The Bertz CT molecular complexity index is 752. The topological polar surface area (TPSA) is 38.9 Å². The van der Waals surface area contributed by atoms with E-state index in [-0.39, 0.29) is 0 Å². The van der Waals surface area contributed by atoms with Crippen molar-refractivity contribution in [3.8, 4) is 11.5 Å². The van der Waals surface area contributed by atoms with Crippen molar-refractivity contribution in [3.63, 3.8) is 0 Å². The van der Waals surface area contributed by atoms with Crippen LogP contribution in [0.25, 0.3) is 11.5 Å². The lowest BCUT2D eigenvalue weighted by Crippen LogP contribution is -1.92. The van der Waals surface area contributed by atoms with Crippen molar-refractivity contribution >= 4 is 11.6 Å². The lowest BCUT2D eigenvalue weighted by Gasteiger charge is -2.04. The van der Waals surface area contributed by atoms with E-state index in [9.17, 15) is 0 Å². The highest BCUT2D eigenvalue weighted by Crippen LogP contribution is 2.30. The summed E-state index contributed by atoms with van der Waals surface area (Å²) in [4.78, 5) is 0. The third-order valence-corrected chi connectivity index (χ3v) is 3.94. The summed E-state index contributed by atoms with van der Waals surface area (Å²) in [5.41, 5.74) is 4.28. The summed E-state index contributed by atoms with van der Waals surface area (Å²) in [6, 6.07) is 15.8. The van der Waals surface area contributed by atoms with E-state index in [4.69, 9.17) is 16.0 Å². The fourth-order valence-corrected chi connectivity index (χ4v) is 2.33. The summed E-state index contributed by atoms with van der Waals surface area (Å²) >= 11 is 6.39. The average molecular weight is 299 g/mol. The molecule has 2 aromatic carbocycles. The monoisotopic (exact) mass is 298 g/mol. The van der Waals surface area contributed by atoms with Gasteiger partial charge < -0.3 is 4.42 Å². The Morgan fingerprint density at radius 3 is 2.43 bits per heavy atom. The molecule has 0 amide bonds. The van der Waals surface area contributed by atoms with Crippen LogP contribution >= 0.6 is 11.6 Å². The molecule has 0 saturated heterocycles. The first-order valence-corrected chi connectivity index (χ1v) is 7.19. The van der Waals surface area contributed by atoms with Gasteiger partial charge in [0.25, 0.3) is 0 Å². The number of halogens is 1. The molecule has 21 heavy (non-hydrogen) atoms. The first-order valence-electron chi connectivity index (χ1n) is 6.75. The molecule has 0 aliphatic rings. The van der Waals surface area contributed by atoms with Crippen LogP contribution < -0.4 is 0 Å². The molecule has 1 unspecified atom stereocenters. The van der Waals surface area contributed by atoms with Gasteiger partial charge in [0, 0.05) is 5.56 Å². The van der Waals surface area contributed by atoms with Gasteiger partial charge in [-0.05, 0) is 42.7 Å². The second kappa shape index (κ2) is 5.70. The van der Waals surface area contributed by atoms with Crippen LogP contribution in [-0.2, 0) is 0 Å². The van der Waals surface area contributed by atoms with E-state index < -0.39 is 5.38 Å². The molecule has 0 spiro atoms. The second-order valence-corrected chi connectivity index (χ2v) is 5.45. The van der Waals surface area contributed by atoms with E-state index in [0.29, 0.717) is 11.8 Å². The highest BCUT2D eigenvalue weighted by atomic mass is 35.5. The van der Waals surface area contributed by atoms with E-state index in [2.05, 4.69) is 24.0 Å². The summed E-state index contributed by atoms with van der Waals surface area (Å²) in [5.74, 6) is 0.908. The summed E-state index contributed by atoms with van der Waals surface area (Å²) in [6.07, 6.45) is 0. The van der Waals surface area contributed by atoms with Crippen LogP contribution in [0.4, 0.5) is 0 Å². The van der Waals surface area contributed by atoms with Crippen LogP contribution in [0.15, 0.2) is 52.9 Å². The van der Waals surface area contributed by atoms with Crippen LogP contribution in [0, 0.1) is 13.8 Å². The number of alkyl halides is 1. The van der Waals surface area contributed by atoms with E-state index in [0.717, 1.165) is 11.1 Å². The number of hydrogen-bond acceptors (Lipinski definition) is 3. The molecule has 0 aliphatic carbocycles. The van der Waals surface area contributed by atoms with Crippen LogP contribution in [-0.4, -0.2) is 10.2 Å². The predicted octanol–water partition coefficient (Wildman–Crippen LogP) is 4.68. The van der Waals surface area contributed by atoms with Crippen LogP contribution in [0.3, 0.4) is 0 Å². The molecule has 0 saturated carbocycles. The minimum absolute atomic E-state index is 0.413. The molecule has 1 aromatic heterocycles. The van der Waals surface area contributed by atoms with Crippen molar-refractivity contribution in [3.05, 3.63) is 71.1 Å². The molecule has 0 radical (unpaired) electrons. The van der Waals surface area contributed by atoms with Gasteiger partial charge in [0.2, 0.25) is 11.8 Å². The Kier molecular flexibility index (Phi) is 3.76. The normalized spacial score (nSPS) is 12.3. The molecule has 4 heteroatoms. The molecule has 0 fully saturated rings. The van der Waals surface area contributed by atoms with Gasteiger partial charge in [-0.25, -0.2) is 0 Å². The van der Waals surface area contributed by atoms with Crippen molar-refractivity contribution in [2.75, 3.05) is 0 Å². The summed E-state index contributed by atoms with van der Waals surface area (Å²) in [6.45, 7) is 4.13. The summed E-state index contributed by atoms with van der Waals surface area (Å²) < 4.78 is 5.73. The molecule has 3 nitrogen and oxygen atoms in total. The molecular weight excluding hydrogens is 284 g/mol. The van der Waals surface area contributed by atoms with Gasteiger partial charge >= 0.3 is 0 Å². The maximum absolute atomic E-state index is 6.39. The first kappa shape index (κ1) is 13.8. The molecule has 0 N–H and O–H groups in total. The van der Waals surface area contributed by atoms with Crippen molar-refractivity contribution < 1.29 is 4.42 Å². The SMILES string of the molecule is Cc1ccc(-c2nnc(C(Cl)c3ccccc3)o2)cc1C. The number of aromatic nitrogens is 2. The molecule has 3 aromatic rings. The van der Waals surface area contributed by atoms with E-state index in [1.807, 2.05) is 48.5 Å². The van der Waals surface area contributed by atoms with Gasteiger partial charge in [0.05, 0.1) is 0 Å². The number of hydrogen-bond donors (Lipinski definition) is 0. The number of nitrogens with zero attached hydrogens (tertiary/aromatic N) is 2. The van der Waals surface area contributed by atoms with Crippen LogP contribution in [0.5, 0.6) is 0 Å². The lowest BCUT2D eigenvalue weighted by molar-refractivity contribution is 0.513. The van der Waals surface area contributed by atoms with Crippen LogP contribution in [0.1, 0.15) is 28.0 Å². The molecule has 3 rings (SSSR count). The minimum Gasteiger partial charge on any atom is -0.419 e. The second-order valence-electron chi connectivity index (χ2n) is 5.02. The maximum Gasteiger partial charge on any atom is 0.247 e. The highest BCUT2D eigenvalue weighted by molar-refractivity contribution is 6.22. The molecule has 106 valence electrons. The Morgan fingerprint density at radius 1 is 0.952 bits per heavy atom. The standard InChI is InChI=1S/C17H15ClN2O/c1-11-8-9-14(10-12(11)2)16-19-20-17(21-16)15(18)13-6-4-3-5-7-13/h3-10,15H,1-2H3. The Balaban J connectivity index is 1.91. The van der Waals surface area contributed by atoms with Gasteiger partial charge in [-0.15, -0.1) is 21.8 Å². The quantitative estimate of drug-likeness (QED) is 0.659. The summed E-state index contributed by atoms with van der Waals surface area (Å²) in [5, 5.41) is 7.74. The van der Waals surface area contributed by atoms with Gasteiger partial charge in [0.15, 0.2) is 0 Å². The summed E-state index contributed by atoms with van der Waals surface area (Å²) in [7, 11) is 0. The fraction of sp³-hybridized carbons (Fsp3) is 0.176. The number of benzene rings is 2. The lowest BCUT2D eigenvalue weighted by atomic mass is 10.1. The van der Waals surface area contributed by atoms with Gasteiger partial charge in [-0.1, -0.05) is 36.4 Å². The molecule has 0 aliphatic heterocycles. The number of rotatable bonds is 3. The zero-order valence-electron chi connectivity index (χ0n) is 11.9. The maximum atomic E-state index is 6.39. The number of aryl methyl sites for hydroxylation is 2. The largest absolute Gasteiger partial charge is 0.419 e. The van der Waals surface area contributed by atoms with Crippen molar-refractivity contribution in [1.29, 1.82) is 0 Å². The molecule has 1 atom stereocenters. The van der Waals surface area contributed by atoms with Gasteiger partial charge in [-0.2, -0.15) is 0 Å². The Hall–Kier alpha value is -2.13. The van der Waals surface area contributed by atoms with Crippen molar-refractivity contribution in [1.82, 2.24) is 10.2 Å². The zero-order valence-corrected chi connectivity index (χ0v) is 12.6. The molecule has 1 heterocycles. The van der Waals surface area contributed by atoms with Gasteiger partial charge in [0.1, 0.15) is 5.38 Å². The first-order chi connectivity index (χ1) is 10.1. The average Bonchev–Trinajstić information content (AvgIpc) is 3.00. The third-order valence-electron chi connectivity index (χ3n) is 3.50. The highest BCUT2D eigenvalue weighted by Gasteiger charge is 2.18. The Labute approximate surface area is 128 Å². The van der Waals surface area contributed by atoms with E-state index >= 15 is 0 Å². The van der Waals surface area contributed by atoms with E-state index in [1.54, 1.807) is 0 Å². The van der Waals surface area contributed by atoms with Gasteiger partial charge in [-0.3, -0.25) is 0 Å². The van der Waals surface area contributed by atoms with E-state index in [1.165, 1.54) is 11.1 Å². The zero-order chi connectivity index (χ0) is 14.8. The Morgan fingerprint density at radius 2 is 1.71 bits per heavy atom. The molecule has 0 bridgehead atoms. The van der Waals surface area contributed by atoms with Crippen LogP contribution in [0.2, 0.25) is 0 Å². The van der Waals surface area contributed by atoms with Crippen molar-refractivity contribution in [2.45, 2.75) is 19.2 Å². The predicted molar refractivity (Wildman–Crippen MR) is 83.3 cm³/mol. The van der Waals surface area contributed by atoms with Crippen molar-refractivity contribution in [2.24, 2.45) is 0 Å². The molecular formula is C17H15ClN2O. The fourth-order valence-electron chi connectivity index (χ4n) is 2.09. The smallest absolute Gasteiger partial charge is 0.247 e.